The second-order valence-corrected chi connectivity index (χ2v) is 3.34. The van der Waals surface area contributed by atoms with E-state index in [-0.39, 0.29) is 21.2 Å². The minimum atomic E-state index is -0.579. The molecule has 80 valence electrons. The molecule has 0 unspecified atom stereocenters. The zero-order chi connectivity index (χ0) is 11.4. The van der Waals surface area contributed by atoms with Crippen molar-refractivity contribution in [2.75, 3.05) is 7.11 Å². The summed E-state index contributed by atoms with van der Waals surface area (Å²) in [4.78, 5) is 11.2. The molecule has 0 fully saturated rings. The zero-order valence-corrected chi connectivity index (χ0v) is 9.21. The summed E-state index contributed by atoms with van der Waals surface area (Å²) >= 11 is 11.7. The van der Waals surface area contributed by atoms with E-state index in [1.165, 1.54) is 19.2 Å². The molecule has 1 N–H and O–H groups in total. The summed E-state index contributed by atoms with van der Waals surface area (Å²) in [5.41, 5.74) is 0.433. The minimum absolute atomic E-state index is 0.0900. The largest absolute Gasteiger partial charge is 0.465 e. The van der Waals surface area contributed by atoms with Gasteiger partial charge in [0.15, 0.2) is 0 Å². The van der Waals surface area contributed by atoms with Crippen LogP contribution in [0.4, 0.5) is 0 Å². The lowest BCUT2D eigenvalue weighted by Gasteiger charge is -2.05. The second-order valence-electron chi connectivity index (χ2n) is 2.56. The van der Waals surface area contributed by atoms with Crippen LogP contribution in [0.2, 0.25) is 10.0 Å². The molecule has 0 amide bonds. The number of carbonyl (C=O) groups excluding carboxylic acids is 1. The Morgan fingerprint density at radius 2 is 2.20 bits per heavy atom. The van der Waals surface area contributed by atoms with Gasteiger partial charge in [0, 0.05) is 5.56 Å². The summed E-state index contributed by atoms with van der Waals surface area (Å²) in [5.74, 6) is -0.579. The van der Waals surface area contributed by atoms with Crippen LogP contribution in [0.1, 0.15) is 15.9 Å². The van der Waals surface area contributed by atoms with Crippen molar-refractivity contribution in [2.45, 2.75) is 0 Å². The number of ether oxygens (including phenoxy) is 1. The molecule has 0 bridgehead atoms. The van der Waals surface area contributed by atoms with E-state index >= 15 is 0 Å². The standard InChI is InChI=1S/C9H7Cl2NO3/c1-15-9(13)5-2-3-7(10)6(4-12-14)8(5)11/h2-4,14H,1H3/b12-4-. The monoisotopic (exact) mass is 247 g/mol. The molecule has 0 aliphatic carbocycles. The van der Waals surface area contributed by atoms with Crippen LogP contribution >= 0.6 is 23.2 Å². The predicted octanol–water partition coefficient (Wildman–Crippen LogP) is 2.59. The first kappa shape index (κ1) is 11.8. The molecule has 0 saturated heterocycles. The van der Waals surface area contributed by atoms with Gasteiger partial charge >= 0.3 is 5.97 Å². The van der Waals surface area contributed by atoms with E-state index in [1.54, 1.807) is 0 Å². The van der Waals surface area contributed by atoms with Gasteiger partial charge in [0.2, 0.25) is 0 Å². The number of carbonyl (C=O) groups is 1. The zero-order valence-electron chi connectivity index (χ0n) is 7.70. The maximum Gasteiger partial charge on any atom is 0.339 e. The van der Waals surface area contributed by atoms with Gasteiger partial charge in [0.05, 0.1) is 28.9 Å². The van der Waals surface area contributed by atoms with Gasteiger partial charge in [0.1, 0.15) is 0 Å². The Kier molecular flexibility index (Phi) is 3.94. The topological polar surface area (TPSA) is 58.9 Å². The Bertz CT molecular complexity index is 418. The first-order valence-electron chi connectivity index (χ1n) is 3.85. The average molecular weight is 248 g/mol. The van der Waals surface area contributed by atoms with E-state index in [9.17, 15) is 4.79 Å². The number of halogens is 2. The molecule has 1 rings (SSSR count). The van der Waals surface area contributed by atoms with E-state index in [0.717, 1.165) is 6.21 Å². The maximum atomic E-state index is 11.2. The molecule has 0 aliphatic rings. The Balaban J connectivity index is 3.34. The van der Waals surface area contributed by atoms with E-state index in [2.05, 4.69) is 9.89 Å². The van der Waals surface area contributed by atoms with Gasteiger partial charge in [-0.05, 0) is 12.1 Å². The Morgan fingerprint density at radius 1 is 1.53 bits per heavy atom. The average Bonchev–Trinajstić information content (AvgIpc) is 2.23. The molecule has 6 heteroatoms. The number of hydrogen-bond donors (Lipinski definition) is 1. The van der Waals surface area contributed by atoms with Gasteiger partial charge in [0.25, 0.3) is 0 Å². The van der Waals surface area contributed by atoms with Gasteiger partial charge in [-0.15, -0.1) is 0 Å². The molecule has 0 spiro atoms. The van der Waals surface area contributed by atoms with Gasteiger partial charge < -0.3 is 9.94 Å². The van der Waals surface area contributed by atoms with Crippen molar-refractivity contribution >= 4 is 35.4 Å². The number of methoxy groups -OCH3 is 1. The molecule has 0 aromatic heterocycles. The van der Waals surface area contributed by atoms with Gasteiger partial charge in [-0.25, -0.2) is 4.79 Å². The SMILES string of the molecule is COC(=O)c1ccc(Cl)c(/C=N\O)c1Cl. The highest BCUT2D eigenvalue weighted by Crippen LogP contribution is 2.27. The van der Waals surface area contributed by atoms with Crippen molar-refractivity contribution in [3.63, 3.8) is 0 Å². The van der Waals surface area contributed by atoms with Gasteiger partial charge in [-0.1, -0.05) is 28.4 Å². The molecule has 1 aromatic rings. The lowest BCUT2D eigenvalue weighted by atomic mass is 10.1. The molecule has 15 heavy (non-hydrogen) atoms. The third-order valence-corrected chi connectivity index (χ3v) is 2.46. The fraction of sp³-hybridized carbons (Fsp3) is 0.111. The summed E-state index contributed by atoms with van der Waals surface area (Å²) < 4.78 is 4.52. The number of rotatable bonds is 2. The van der Waals surface area contributed by atoms with E-state index in [1.807, 2.05) is 0 Å². The lowest BCUT2D eigenvalue weighted by molar-refractivity contribution is 0.0601. The molecule has 1 aromatic carbocycles. The quantitative estimate of drug-likeness (QED) is 0.378. The Labute approximate surface area is 96.1 Å². The lowest BCUT2D eigenvalue weighted by Crippen LogP contribution is -2.04. The first-order chi connectivity index (χ1) is 7.11. The highest BCUT2D eigenvalue weighted by atomic mass is 35.5. The van der Waals surface area contributed by atoms with Crippen LogP contribution in [0.3, 0.4) is 0 Å². The summed E-state index contributed by atoms with van der Waals surface area (Å²) in [6.07, 6.45) is 1.05. The second kappa shape index (κ2) is 5.00. The molecule has 0 atom stereocenters. The van der Waals surface area contributed by atoms with Crippen molar-refractivity contribution in [1.82, 2.24) is 0 Å². The minimum Gasteiger partial charge on any atom is -0.465 e. The van der Waals surface area contributed by atoms with Gasteiger partial charge in [-0.2, -0.15) is 0 Å². The van der Waals surface area contributed by atoms with Crippen LogP contribution in [0, 0.1) is 0 Å². The molecular weight excluding hydrogens is 241 g/mol. The Morgan fingerprint density at radius 3 is 2.73 bits per heavy atom. The van der Waals surface area contributed by atoms with Crippen LogP contribution in [-0.2, 0) is 4.74 Å². The molecule has 4 nitrogen and oxygen atoms in total. The summed E-state index contributed by atoms with van der Waals surface area (Å²) in [5, 5.41) is 11.6. The highest BCUT2D eigenvalue weighted by Gasteiger charge is 2.15. The number of esters is 1. The maximum absolute atomic E-state index is 11.2. The molecule has 0 aliphatic heterocycles. The molecule has 0 heterocycles. The van der Waals surface area contributed by atoms with Crippen molar-refractivity contribution < 1.29 is 14.7 Å². The number of nitrogens with zero attached hydrogens (tertiary/aromatic N) is 1. The number of hydrogen-bond acceptors (Lipinski definition) is 4. The fourth-order valence-corrected chi connectivity index (χ4v) is 1.56. The fourth-order valence-electron chi connectivity index (χ4n) is 1.01. The third kappa shape index (κ3) is 2.40. The molecular formula is C9H7Cl2NO3. The van der Waals surface area contributed by atoms with Crippen LogP contribution < -0.4 is 0 Å². The number of oxime groups is 1. The van der Waals surface area contributed by atoms with Crippen LogP contribution in [0.15, 0.2) is 17.3 Å². The predicted molar refractivity (Wildman–Crippen MR) is 57.2 cm³/mol. The smallest absolute Gasteiger partial charge is 0.339 e. The van der Waals surface area contributed by atoms with Crippen LogP contribution in [0.25, 0.3) is 0 Å². The summed E-state index contributed by atoms with van der Waals surface area (Å²) in [7, 11) is 1.24. The highest BCUT2D eigenvalue weighted by molar-refractivity contribution is 6.40. The van der Waals surface area contributed by atoms with Crippen molar-refractivity contribution in [2.24, 2.45) is 5.16 Å². The Hall–Kier alpha value is -1.26. The van der Waals surface area contributed by atoms with Crippen LogP contribution in [0.5, 0.6) is 0 Å². The normalized spacial score (nSPS) is 10.6. The van der Waals surface area contributed by atoms with E-state index in [4.69, 9.17) is 28.4 Å². The third-order valence-electron chi connectivity index (χ3n) is 1.72. The van der Waals surface area contributed by atoms with E-state index < -0.39 is 5.97 Å². The molecule has 0 saturated carbocycles. The van der Waals surface area contributed by atoms with Crippen molar-refractivity contribution in [3.8, 4) is 0 Å². The van der Waals surface area contributed by atoms with Crippen molar-refractivity contribution in [1.29, 1.82) is 0 Å². The first-order valence-corrected chi connectivity index (χ1v) is 4.61. The number of benzene rings is 1. The van der Waals surface area contributed by atoms with Gasteiger partial charge in [-0.3, -0.25) is 0 Å². The summed E-state index contributed by atoms with van der Waals surface area (Å²) in [6.45, 7) is 0. The van der Waals surface area contributed by atoms with Crippen molar-refractivity contribution in [3.05, 3.63) is 33.3 Å². The molecule has 0 radical (unpaired) electrons. The van der Waals surface area contributed by atoms with Crippen LogP contribution in [-0.4, -0.2) is 24.5 Å². The summed E-state index contributed by atoms with van der Waals surface area (Å²) in [6, 6.07) is 2.90. The van der Waals surface area contributed by atoms with E-state index in [0.29, 0.717) is 0 Å².